The number of rotatable bonds is 3. The minimum Gasteiger partial charge on any atom is -0.442 e. The highest BCUT2D eigenvalue weighted by molar-refractivity contribution is 5.95. The van der Waals surface area contributed by atoms with Gasteiger partial charge in [0.2, 0.25) is 5.91 Å². The van der Waals surface area contributed by atoms with Crippen molar-refractivity contribution in [2.24, 2.45) is 0 Å². The molecule has 102 valence electrons. The van der Waals surface area contributed by atoms with E-state index in [9.17, 15) is 22.8 Å². The number of cyclic esters (lactones) is 1. The van der Waals surface area contributed by atoms with Crippen LogP contribution in [0.15, 0.2) is 11.3 Å². The second kappa shape index (κ2) is 5.41. The van der Waals surface area contributed by atoms with Crippen molar-refractivity contribution in [3.8, 4) is 0 Å². The van der Waals surface area contributed by atoms with Gasteiger partial charge in [-0.1, -0.05) is 5.57 Å². The third-order valence-corrected chi connectivity index (χ3v) is 2.46. The highest BCUT2D eigenvalue weighted by Gasteiger charge is 2.34. The number of halogens is 3. The minimum absolute atomic E-state index is 0.00776. The first-order chi connectivity index (χ1) is 8.22. The van der Waals surface area contributed by atoms with Crippen LogP contribution in [-0.2, 0) is 9.53 Å². The third-order valence-electron chi connectivity index (χ3n) is 2.46. The number of amides is 2. The zero-order valence-corrected chi connectivity index (χ0v) is 10.1. The molecule has 2 amide bonds. The van der Waals surface area contributed by atoms with Crippen LogP contribution in [-0.4, -0.2) is 29.7 Å². The van der Waals surface area contributed by atoms with Gasteiger partial charge in [-0.25, -0.2) is 9.69 Å². The number of carbonyl (C=O) groups is 2. The van der Waals surface area contributed by atoms with Crippen molar-refractivity contribution >= 4 is 12.0 Å². The molecule has 7 heteroatoms. The van der Waals surface area contributed by atoms with E-state index in [1.807, 2.05) is 0 Å². The Balaban J connectivity index is 2.61. The number of hydrogen-bond acceptors (Lipinski definition) is 3. The van der Waals surface area contributed by atoms with Gasteiger partial charge < -0.3 is 4.74 Å². The summed E-state index contributed by atoms with van der Waals surface area (Å²) in [6.45, 7) is 3.40. The fourth-order valence-corrected chi connectivity index (χ4v) is 1.54. The third kappa shape index (κ3) is 3.75. The highest BCUT2D eigenvalue weighted by atomic mass is 19.4. The van der Waals surface area contributed by atoms with Crippen molar-refractivity contribution in [3.05, 3.63) is 11.3 Å². The Morgan fingerprint density at radius 3 is 2.50 bits per heavy atom. The van der Waals surface area contributed by atoms with Crippen molar-refractivity contribution in [1.29, 1.82) is 0 Å². The second-order valence-corrected chi connectivity index (χ2v) is 4.20. The van der Waals surface area contributed by atoms with E-state index in [0.717, 1.165) is 10.5 Å². The Labute approximate surface area is 102 Å². The molecule has 1 rings (SSSR count). The largest absolute Gasteiger partial charge is 0.442 e. The highest BCUT2D eigenvalue weighted by Crippen LogP contribution is 2.25. The van der Waals surface area contributed by atoms with E-state index in [2.05, 4.69) is 0 Å². The van der Waals surface area contributed by atoms with Gasteiger partial charge in [-0.2, -0.15) is 13.2 Å². The molecule has 0 N–H and O–H groups in total. The standard InChI is InChI=1S/C11H14F3NO3/c1-7(2)8-6-18-10(17)15(8)9(16)4-3-5-11(12,13)14/h3-6H2,1-2H3. The van der Waals surface area contributed by atoms with Crippen molar-refractivity contribution in [2.45, 2.75) is 39.3 Å². The lowest BCUT2D eigenvalue weighted by Crippen LogP contribution is -2.31. The lowest BCUT2D eigenvalue weighted by Gasteiger charge is -2.14. The molecule has 1 aliphatic rings. The van der Waals surface area contributed by atoms with Gasteiger partial charge in [0.25, 0.3) is 0 Å². The van der Waals surface area contributed by atoms with Gasteiger partial charge in [-0.3, -0.25) is 4.79 Å². The first-order valence-electron chi connectivity index (χ1n) is 5.45. The zero-order chi connectivity index (χ0) is 13.9. The molecule has 0 aromatic rings. The number of hydrogen-bond donors (Lipinski definition) is 0. The fourth-order valence-electron chi connectivity index (χ4n) is 1.54. The Hall–Kier alpha value is -1.53. The topological polar surface area (TPSA) is 46.6 Å². The SMILES string of the molecule is CC(C)=C1COC(=O)N1C(=O)CCCC(F)(F)F. The molecule has 0 saturated carbocycles. The number of imide groups is 1. The summed E-state index contributed by atoms with van der Waals surface area (Å²) in [4.78, 5) is 23.8. The number of allylic oxidation sites excluding steroid dienone is 1. The van der Waals surface area contributed by atoms with Crippen molar-refractivity contribution < 1.29 is 27.5 Å². The average Bonchev–Trinajstić information content (AvgIpc) is 2.58. The second-order valence-electron chi connectivity index (χ2n) is 4.20. The lowest BCUT2D eigenvalue weighted by atomic mass is 10.2. The predicted molar refractivity (Wildman–Crippen MR) is 56.5 cm³/mol. The van der Waals surface area contributed by atoms with Crippen LogP contribution in [0.2, 0.25) is 0 Å². The van der Waals surface area contributed by atoms with Crippen LogP contribution in [0.3, 0.4) is 0 Å². The molecule has 0 aromatic heterocycles. The van der Waals surface area contributed by atoms with Gasteiger partial charge in [0, 0.05) is 12.8 Å². The van der Waals surface area contributed by atoms with E-state index < -0.39 is 24.6 Å². The predicted octanol–water partition coefficient (Wildman–Crippen LogP) is 2.99. The van der Waals surface area contributed by atoms with Crippen LogP contribution < -0.4 is 0 Å². The van der Waals surface area contributed by atoms with Crippen LogP contribution in [0.25, 0.3) is 0 Å². The molecule has 0 bridgehead atoms. The lowest BCUT2D eigenvalue weighted by molar-refractivity contribution is -0.138. The number of alkyl halides is 3. The minimum atomic E-state index is -4.29. The van der Waals surface area contributed by atoms with E-state index in [4.69, 9.17) is 4.74 Å². The van der Waals surface area contributed by atoms with E-state index in [0.29, 0.717) is 5.70 Å². The van der Waals surface area contributed by atoms with Crippen LogP contribution in [0, 0.1) is 0 Å². The Morgan fingerprint density at radius 1 is 1.39 bits per heavy atom. The Kier molecular flexibility index (Phi) is 4.37. The maximum atomic E-state index is 11.9. The Bertz CT molecular complexity index is 383. The molecule has 18 heavy (non-hydrogen) atoms. The summed E-state index contributed by atoms with van der Waals surface area (Å²) in [6, 6.07) is 0. The van der Waals surface area contributed by atoms with E-state index in [1.54, 1.807) is 13.8 Å². The summed E-state index contributed by atoms with van der Waals surface area (Å²) >= 11 is 0. The number of carbonyl (C=O) groups excluding carboxylic acids is 2. The molecule has 0 unspecified atom stereocenters. The van der Waals surface area contributed by atoms with E-state index in [-0.39, 0.29) is 19.4 Å². The molecular formula is C11H14F3NO3. The fraction of sp³-hybridized carbons (Fsp3) is 0.636. The first-order valence-corrected chi connectivity index (χ1v) is 5.45. The number of ether oxygens (including phenoxy) is 1. The molecule has 0 spiro atoms. The molecule has 1 heterocycles. The number of nitrogens with zero attached hydrogens (tertiary/aromatic N) is 1. The molecular weight excluding hydrogens is 251 g/mol. The first kappa shape index (κ1) is 14.5. The van der Waals surface area contributed by atoms with E-state index >= 15 is 0 Å². The zero-order valence-electron chi connectivity index (χ0n) is 10.1. The van der Waals surface area contributed by atoms with Gasteiger partial charge in [-0.05, 0) is 20.3 Å². The summed E-state index contributed by atoms with van der Waals surface area (Å²) in [5.74, 6) is -0.655. The Morgan fingerprint density at radius 2 is 2.00 bits per heavy atom. The summed E-state index contributed by atoms with van der Waals surface area (Å²) in [6.07, 6.45) is -6.80. The van der Waals surface area contributed by atoms with Crippen LogP contribution in [0.4, 0.5) is 18.0 Å². The molecule has 0 radical (unpaired) electrons. The van der Waals surface area contributed by atoms with Crippen LogP contribution in [0.5, 0.6) is 0 Å². The molecule has 1 saturated heterocycles. The van der Waals surface area contributed by atoms with Gasteiger partial charge in [0.1, 0.15) is 6.61 Å². The van der Waals surface area contributed by atoms with Gasteiger partial charge in [0.15, 0.2) is 0 Å². The average molecular weight is 265 g/mol. The van der Waals surface area contributed by atoms with Gasteiger partial charge >= 0.3 is 12.3 Å². The summed E-state index contributed by atoms with van der Waals surface area (Å²) in [5, 5.41) is 0. The maximum Gasteiger partial charge on any atom is 0.421 e. The molecule has 1 fully saturated rings. The quantitative estimate of drug-likeness (QED) is 0.788. The van der Waals surface area contributed by atoms with Crippen molar-refractivity contribution in [2.75, 3.05) is 6.61 Å². The maximum absolute atomic E-state index is 11.9. The van der Waals surface area contributed by atoms with Crippen molar-refractivity contribution in [3.63, 3.8) is 0 Å². The molecule has 1 aliphatic heterocycles. The van der Waals surface area contributed by atoms with Gasteiger partial charge in [-0.15, -0.1) is 0 Å². The summed E-state index contributed by atoms with van der Waals surface area (Å²) in [5.41, 5.74) is 1.14. The smallest absolute Gasteiger partial charge is 0.421 e. The van der Waals surface area contributed by atoms with Crippen LogP contribution >= 0.6 is 0 Å². The summed E-state index contributed by atoms with van der Waals surface area (Å²) in [7, 11) is 0. The summed E-state index contributed by atoms with van der Waals surface area (Å²) < 4.78 is 40.5. The van der Waals surface area contributed by atoms with Gasteiger partial charge in [0.05, 0.1) is 5.70 Å². The molecule has 0 aliphatic carbocycles. The normalized spacial score (nSPS) is 15.9. The monoisotopic (exact) mass is 265 g/mol. The van der Waals surface area contributed by atoms with E-state index in [1.165, 1.54) is 0 Å². The van der Waals surface area contributed by atoms with Crippen LogP contribution in [0.1, 0.15) is 33.1 Å². The molecule has 0 aromatic carbocycles. The van der Waals surface area contributed by atoms with Crippen molar-refractivity contribution in [1.82, 2.24) is 4.90 Å². The molecule has 4 nitrogen and oxygen atoms in total. The molecule has 0 atom stereocenters.